The maximum atomic E-state index is 12.6. The van der Waals surface area contributed by atoms with Crippen molar-refractivity contribution in [2.45, 2.75) is 203 Å². The van der Waals surface area contributed by atoms with Crippen LogP contribution < -0.4 is 0 Å². The molecule has 1 aromatic carbocycles. The number of carbonyl (C=O) groups is 1. The van der Waals surface area contributed by atoms with Crippen LogP contribution in [0, 0.1) is 34.5 Å². The smallest absolute Gasteiger partial charge is 0.331 e. The molecule has 0 aromatic heterocycles. The van der Waals surface area contributed by atoms with Crippen LogP contribution in [0.25, 0.3) is 0 Å². The zero-order valence-electron chi connectivity index (χ0n) is 36.8. The van der Waals surface area contributed by atoms with E-state index in [2.05, 4.69) is 6.92 Å². The van der Waals surface area contributed by atoms with Crippen LogP contribution in [0.2, 0.25) is 0 Å². The van der Waals surface area contributed by atoms with Gasteiger partial charge in [0.2, 0.25) is 0 Å². The highest BCUT2D eigenvalue weighted by Crippen LogP contribution is 2.70. The summed E-state index contributed by atoms with van der Waals surface area (Å²) < 4.78 is 55.9. The van der Waals surface area contributed by atoms with Crippen molar-refractivity contribution in [3.63, 3.8) is 0 Å². The van der Waals surface area contributed by atoms with E-state index in [9.17, 15) is 25.2 Å². The van der Waals surface area contributed by atoms with Crippen LogP contribution in [0.4, 0.5) is 0 Å². The third-order valence-corrected chi connectivity index (χ3v) is 17.5. The number of aliphatic hydroxyl groups is 4. The summed E-state index contributed by atoms with van der Waals surface area (Å²) in [6, 6.07) is 9.83. The fraction of sp³-hybridized carbons (Fsp3) is 0.812. The first kappa shape index (κ1) is 43.8. The molecule has 8 fully saturated rings. The molecule has 4 saturated heterocycles. The summed E-state index contributed by atoms with van der Waals surface area (Å²) in [5.74, 6) is 0.230. The van der Waals surface area contributed by atoms with Crippen molar-refractivity contribution in [2.75, 3.05) is 6.61 Å². The number of rotatable bonds is 8. The zero-order valence-corrected chi connectivity index (χ0v) is 36.8. The van der Waals surface area contributed by atoms with Crippen LogP contribution in [-0.2, 0) is 47.4 Å². The Bertz CT molecular complexity index is 1790. The summed E-state index contributed by atoms with van der Waals surface area (Å²) in [6.07, 6.45) is 0.944. The number of fused-ring (bicyclic) bond motifs is 6. The fourth-order valence-corrected chi connectivity index (χ4v) is 14.2. The molecule has 5 aliphatic heterocycles. The van der Waals surface area contributed by atoms with Gasteiger partial charge in [-0.25, -0.2) is 4.79 Å². The number of cyclic esters (lactones) is 1. The molecule has 7 unspecified atom stereocenters. The molecule has 1 aromatic rings. The maximum absolute atomic E-state index is 12.6. The van der Waals surface area contributed by atoms with Gasteiger partial charge in [0.05, 0.1) is 54.4 Å². The van der Waals surface area contributed by atoms with Crippen LogP contribution in [0.15, 0.2) is 42.0 Å². The minimum absolute atomic E-state index is 0.0364. The van der Waals surface area contributed by atoms with Crippen molar-refractivity contribution in [3.8, 4) is 0 Å². The summed E-state index contributed by atoms with van der Waals surface area (Å²) in [4.78, 5) is 12.0. The maximum Gasteiger partial charge on any atom is 0.331 e. The van der Waals surface area contributed by atoms with E-state index >= 15 is 0 Å². The Balaban J connectivity index is 0.702. The second-order valence-corrected chi connectivity index (χ2v) is 20.8. The van der Waals surface area contributed by atoms with E-state index in [1.807, 2.05) is 58.0 Å². The predicted molar refractivity (Wildman–Crippen MR) is 220 cm³/mol. The Morgan fingerprint density at radius 1 is 0.694 bits per heavy atom. The minimum Gasteiger partial charge on any atom is -0.458 e. The van der Waals surface area contributed by atoms with Gasteiger partial charge in [-0.2, -0.15) is 0 Å². The number of hydrogen-bond donors (Lipinski definition) is 4. The number of aliphatic hydroxyl groups excluding tert-OH is 3. The Morgan fingerprint density at radius 2 is 1.35 bits per heavy atom. The molecule has 344 valence electrons. The van der Waals surface area contributed by atoms with Gasteiger partial charge in [-0.3, -0.25) is 0 Å². The lowest BCUT2D eigenvalue weighted by Crippen LogP contribution is -2.67. The molecule has 0 radical (unpaired) electrons. The molecule has 14 heteroatoms. The fourth-order valence-electron chi connectivity index (χ4n) is 14.2. The molecule has 9 aliphatic rings. The number of benzene rings is 1. The van der Waals surface area contributed by atoms with Gasteiger partial charge in [0.1, 0.15) is 24.9 Å². The van der Waals surface area contributed by atoms with Crippen molar-refractivity contribution >= 4 is 5.97 Å². The molecule has 0 spiro atoms. The van der Waals surface area contributed by atoms with E-state index in [0.717, 1.165) is 49.7 Å². The third-order valence-electron chi connectivity index (χ3n) is 17.5. The average Bonchev–Trinajstić information content (AvgIpc) is 3.94. The largest absolute Gasteiger partial charge is 0.458 e. The number of ether oxygens (including phenoxy) is 9. The van der Waals surface area contributed by atoms with Gasteiger partial charge in [-0.05, 0) is 107 Å². The molecule has 22 atom stereocenters. The van der Waals surface area contributed by atoms with Crippen LogP contribution in [-0.4, -0.2) is 125 Å². The molecule has 14 nitrogen and oxygen atoms in total. The normalized spacial score (nSPS) is 52.6. The van der Waals surface area contributed by atoms with Crippen molar-refractivity contribution in [1.82, 2.24) is 0 Å². The number of hydrogen-bond acceptors (Lipinski definition) is 14. The quantitative estimate of drug-likeness (QED) is 0.203. The van der Waals surface area contributed by atoms with Crippen molar-refractivity contribution in [3.05, 3.63) is 47.5 Å². The number of esters is 1. The van der Waals surface area contributed by atoms with Crippen molar-refractivity contribution < 1.29 is 67.9 Å². The first-order chi connectivity index (χ1) is 29.6. The zero-order chi connectivity index (χ0) is 43.3. The molecule has 0 amide bonds. The summed E-state index contributed by atoms with van der Waals surface area (Å²) in [7, 11) is 0. The van der Waals surface area contributed by atoms with Gasteiger partial charge in [0, 0.05) is 36.3 Å². The first-order valence-corrected chi connectivity index (χ1v) is 23.6. The van der Waals surface area contributed by atoms with E-state index in [1.165, 1.54) is 0 Å². The summed E-state index contributed by atoms with van der Waals surface area (Å²) in [6.45, 7) is 10.3. The molecular weight excluding hydrogens is 801 g/mol. The monoisotopic (exact) mass is 868 g/mol. The van der Waals surface area contributed by atoms with Gasteiger partial charge in [0.15, 0.2) is 25.2 Å². The average molecular weight is 869 g/mol. The Hall–Kier alpha value is -2.05. The van der Waals surface area contributed by atoms with E-state index < -0.39 is 78.9 Å². The summed E-state index contributed by atoms with van der Waals surface area (Å²) >= 11 is 0. The molecular formula is C48H68O14. The highest BCUT2D eigenvalue weighted by molar-refractivity contribution is 5.85. The Kier molecular flexibility index (Phi) is 11.8. The first-order valence-electron chi connectivity index (χ1n) is 23.6. The number of carbonyl (C=O) groups excluding carboxylic acids is 1. The molecule has 4 aliphatic carbocycles. The molecule has 5 heterocycles. The Labute approximate surface area is 364 Å². The van der Waals surface area contributed by atoms with Gasteiger partial charge in [-0.1, -0.05) is 44.2 Å². The molecule has 0 bridgehead atoms. The Morgan fingerprint density at radius 3 is 2.02 bits per heavy atom. The second kappa shape index (κ2) is 16.7. The molecule has 10 rings (SSSR count). The van der Waals surface area contributed by atoms with E-state index in [1.54, 1.807) is 6.08 Å². The lowest BCUT2D eigenvalue weighted by Gasteiger charge is -2.65. The summed E-state index contributed by atoms with van der Waals surface area (Å²) in [5.41, 5.74) is 0.0784. The second-order valence-electron chi connectivity index (χ2n) is 20.8. The minimum atomic E-state index is -1.01. The lowest BCUT2D eigenvalue weighted by molar-refractivity contribution is -0.334. The SMILES string of the molecule is CC1O[C@@H](O[C@H]2CC[C@@]3(C)[C@H](CC[C@@H]4[C@@H]3C[C@@H](O)[C@]3(C)[C@@H](C5=CC(=O)OC5)CC[C@]43O)C2)C[C@@H](O)C1O[C@@H]1C[C@@H](O)C(O[C@H]2C[C@H]3OC(c4ccccc4)OC3C(C)O2)C(C)O1. The van der Waals surface area contributed by atoms with Gasteiger partial charge in [-0.15, -0.1) is 0 Å². The highest BCUT2D eigenvalue weighted by atomic mass is 16.8. The van der Waals surface area contributed by atoms with Crippen LogP contribution >= 0.6 is 0 Å². The van der Waals surface area contributed by atoms with Crippen LogP contribution in [0.3, 0.4) is 0 Å². The topological polar surface area (TPSA) is 181 Å². The molecule has 4 N–H and O–H groups in total. The van der Waals surface area contributed by atoms with Gasteiger partial charge < -0.3 is 63.1 Å². The van der Waals surface area contributed by atoms with Crippen molar-refractivity contribution in [1.29, 1.82) is 0 Å². The van der Waals surface area contributed by atoms with E-state index in [-0.39, 0.29) is 73.0 Å². The van der Waals surface area contributed by atoms with Gasteiger partial charge in [0.25, 0.3) is 0 Å². The van der Waals surface area contributed by atoms with E-state index in [0.29, 0.717) is 25.2 Å². The summed E-state index contributed by atoms with van der Waals surface area (Å²) in [5, 5.41) is 47.3. The third kappa shape index (κ3) is 7.44. The van der Waals surface area contributed by atoms with Gasteiger partial charge >= 0.3 is 5.97 Å². The molecule has 4 saturated carbocycles. The van der Waals surface area contributed by atoms with E-state index in [4.69, 9.17) is 42.6 Å². The standard InChI is InChI=1S/C48H68O14/c1-24-42(60-40-21-35(50)43(25(2)56-40)61-41-22-36-44(26(3)57-41)62-45(59-36)27-9-7-6-8-10-27)34(49)20-39(55-24)58-30-13-15-46(4)29(18-30)11-12-32-33(46)19-37(51)47(5)31(14-16-48(32,47)53)28-17-38(52)54-23-28/h6-10,17,24-26,29-37,39-45,49-51,53H,11-16,18-23H2,1-5H3/t24?,25?,26?,29-,30+,31-,32-,33+,34-,35-,36-,37-,39+,40-,41+,42?,43?,44?,45?,46+,47+,48+/m1/s1. The van der Waals surface area contributed by atoms with Crippen LogP contribution in [0.5, 0.6) is 0 Å². The lowest BCUT2D eigenvalue weighted by atomic mass is 9.42. The highest BCUT2D eigenvalue weighted by Gasteiger charge is 2.71. The molecule has 62 heavy (non-hydrogen) atoms. The predicted octanol–water partition coefficient (Wildman–Crippen LogP) is 4.98. The van der Waals surface area contributed by atoms with Crippen LogP contribution in [0.1, 0.15) is 117 Å². The van der Waals surface area contributed by atoms with Crippen molar-refractivity contribution in [2.24, 2.45) is 34.5 Å².